The van der Waals surface area contributed by atoms with E-state index in [1.165, 1.54) is 87.7 Å². The first-order valence-electron chi connectivity index (χ1n) is 15.5. The van der Waals surface area contributed by atoms with Gasteiger partial charge in [0.25, 0.3) is 0 Å². The minimum absolute atomic E-state index is 0.551. The van der Waals surface area contributed by atoms with Gasteiger partial charge in [-0.05, 0) is 61.4 Å². The van der Waals surface area contributed by atoms with Gasteiger partial charge in [-0.1, -0.05) is 114 Å². The van der Waals surface area contributed by atoms with Crippen molar-refractivity contribution >= 4 is 23.5 Å². The van der Waals surface area contributed by atoms with Gasteiger partial charge in [0.2, 0.25) is 0 Å². The highest BCUT2D eigenvalue weighted by molar-refractivity contribution is 8.00. The monoisotopic (exact) mass is 600 g/mol. The van der Waals surface area contributed by atoms with Gasteiger partial charge in [0.1, 0.15) is 23.6 Å². The normalized spacial score (nSPS) is 10.7. The molecule has 0 radical (unpaired) electrons. The molecule has 3 aromatic rings. The van der Waals surface area contributed by atoms with Crippen LogP contribution in [0.2, 0.25) is 0 Å². The molecule has 0 saturated carbocycles. The number of nitrogens with zero attached hydrogens (tertiary/aromatic N) is 2. The number of unbranched alkanes of at least 4 members (excludes halogenated alkanes) is 10. The molecule has 0 atom stereocenters. The van der Waals surface area contributed by atoms with Gasteiger partial charge in [0.05, 0.1) is 24.3 Å². The molecular formula is C36H44N2O2S2. The summed E-state index contributed by atoms with van der Waals surface area (Å²) in [6, 6.07) is 24.2. The Balaban J connectivity index is 1.60. The summed E-state index contributed by atoms with van der Waals surface area (Å²) in [6.07, 6.45) is 14.7. The largest absolute Gasteiger partial charge is 0.494 e. The standard InChI is InChI=1S/C36H44N2O2S2/c1-3-5-7-9-11-13-21-39-31-17-15-19-33(25-31)41-35-23-30(28-38)36(24-29(35)27-37)42-34-20-16-18-32(26-34)40-22-14-12-10-8-6-4-2/h15-20,23-26H,3-14,21-22H2,1-2H3. The molecule has 4 nitrogen and oxygen atoms in total. The SMILES string of the molecule is CCCCCCCCOc1cccc(Sc2cc(C#N)c(Sc3cccc(OCCCCCCCC)c3)cc2C#N)c1. The fourth-order valence-corrected chi connectivity index (χ4v) is 6.49. The van der Waals surface area contributed by atoms with Crippen LogP contribution in [-0.4, -0.2) is 13.2 Å². The van der Waals surface area contributed by atoms with Crippen molar-refractivity contribution in [3.05, 3.63) is 71.8 Å². The van der Waals surface area contributed by atoms with Gasteiger partial charge < -0.3 is 9.47 Å². The summed E-state index contributed by atoms with van der Waals surface area (Å²) in [7, 11) is 0. The summed E-state index contributed by atoms with van der Waals surface area (Å²) in [5.74, 6) is 1.66. The molecule has 0 bridgehead atoms. The molecular weight excluding hydrogens is 557 g/mol. The molecule has 0 N–H and O–H groups in total. The molecule has 0 spiro atoms. The fourth-order valence-electron chi connectivity index (χ4n) is 4.56. The summed E-state index contributed by atoms with van der Waals surface area (Å²) in [6.45, 7) is 5.88. The Morgan fingerprint density at radius 3 is 1.36 bits per heavy atom. The Hall–Kier alpha value is -3.06. The second-order valence-electron chi connectivity index (χ2n) is 10.5. The molecule has 6 heteroatoms. The maximum Gasteiger partial charge on any atom is 0.120 e. The van der Waals surface area contributed by atoms with Crippen LogP contribution >= 0.6 is 23.5 Å². The van der Waals surface area contributed by atoms with Crippen molar-refractivity contribution in [2.75, 3.05) is 13.2 Å². The van der Waals surface area contributed by atoms with Gasteiger partial charge in [0.15, 0.2) is 0 Å². The third-order valence-corrected chi connectivity index (χ3v) is 9.02. The number of hydrogen-bond donors (Lipinski definition) is 0. The topological polar surface area (TPSA) is 66.0 Å². The predicted octanol–water partition coefficient (Wildman–Crippen LogP) is 11.2. The first-order valence-corrected chi connectivity index (χ1v) is 17.1. The first-order chi connectivity index (χ1) is 20.7. The van der Waals surface area contributed by atoms with Crippen LogP contribution in [0, 0.1) is 22.7 Å². The van der Waals surface area contributed by atoms with Crippen LogP contribution in [0.3, 0.4) is 0 Å². The van der Waals surface area contributed by atoms with Crippen LogP contribution in [0.15, 0.2) is 80.2 Å². The highest BCUT2D eigenvalue weighted by Crippen LogP contribution is 2.38. The molecule has 3 aromatic carbocycles. The molecule has 0 unspecified atom stereocenters. The molecule has 0 amide bonds. The number of benzene rings is 3. The number of hydrogen-bond acceptors (Lipinski definition) is 6. The zero-order chi connectivity index (χ0) is 29.8. The van der Waals surface area contributed by atoms with Gasteiger partial charge >= 0.3 is 0 Å². The van der Waals surface area contributed by atoms with Gasteiger partial charge in [-0.3, -0.25) is 0 Å². The van der Waals surface area contributed by atoms with Crippen LogP contribution in [-0.2, 0) is 0 Å². The highest BCUT2D eigenvalue weighted by Gasteiger charge is 2.13. The van der Waals surface area contributed by atoms with Crippen molar-refractivity contribution in [1.29, 1.82) is 10.5 Å². The first kappa shape index (κ1) is 33.4. The Bertz CT molecular complexity index is 1210. The van der Waals surface area contributed by atoms with E-state index in [1.54, 1.807) is 0 Å². The second kappa shape index (κ2) is 20.0. The van der Waals surface area contributed by atoms with E-state index in [9.17, 15) is 10.5 Å². The minimum atomic E-state index is 0.551. The Labute approximate surface area is 261 Å². The fraction of sp³-hybridized carbons (Fsp3) is 0.444. The zero-order valence-electron chi connectivity index (χ0n) is 25.2. The van der Waals surface area contributed by atoms with Crippen molar-refractivity contribution in [2.24, 2.45) is 0 Å². The number of rotatable bonds is 20. The van der Waals surface area contributed by atoms with E-state index in [4.69, 9.17) is 9.47 Å². The quantitative estimate of drug-likeness (QED) is 0.120. The van der Waals surface area contributed by atoms with Crippen molar-refractivity contribution in [2.45, 2.75) is 110 Å². The summed E-state index contributed by atoms with van der Waals surface area (Å²) in [5.41, 5.74) is 1.10. The van der Waals surface area contributed by atoms with E-state index >= 15 is 0 Å². The summed E-state index contributed by atoms with van der Waals surface area (Å²) < 4.78 is 12.0. The van der Waals surface area contributed by atoms with Crippen LogP contribution in [0.1, 0.15) is 102 Å². The van der Waals surface area contributed by atoms with E-state index < -0.39 is 0 Å². The lowest BCUT2D eigenvalue weighted by atomic mass is 10.1. The predicted molar refractivity (Wildman–Crippen MR) is 175 cm³/mol. The molecule has 0 aliphatic carbocycles. The van der Waals surface area contributed by atoms with Crippen LogP contribution in [0.4, 0.5) is 0 Å². The molecule has 0 aliphatic rings. The van der Waals surface area contributed by atoms with Gasteiger partial charge in [-0.2, -0.15) is 10.5 Å². The van der Waals surface area contributed by atoms with Gasteiger partial charge in [-0.15, -0.1) is 0 Å². The minimum Gasteiger partial charge on any atom is -0.494 e. The third-order valence-electron chi connectivity index (χ3n) is 6.92. The van der Waals surface area contributed by atoms with Crippen molar-refractivity contribution in [3.63, 3.8) is 0 Å². The van der Waals surface area contributed by atoms with Crippen LogP contribution < -0.4 is 9.47 Å². The number of ether oxygens (including phenoxy) is 2. The summed E-state index contributed by atoms with van der Waals surface area (Å²) in [5, 5.41) is 19.9. The van der Waals surface area contributed by atoms with Crippen molar-refractivity contribution in [3.8, 4) is 23.6 Å². The smallest absolute Gasteiger partial charge is 0.120 e. The second-order valence-corrected chi connectivity index (χ2v) is 12.7. The Morgan fingerprint density at radius 2 is 0.952 bits per heavy atom. The van der Waals surface area contributed by atoms with E-state index in [2.05, 4.69) is 26.0 Å². The van der Waals surface area contributed by atoms with Crippen molar-refractivity contribution in [1.82, 2.24) is 0 Å². The van der Waals surface area contributed by atoms with E-state index in [0.29, 0.717) is 24.3 Å². The van der Waals surface area contributed by atoms with Crippen LogP contribution in [0.25, 0.3) is 0 Å². The van der Waals surface area contributed by atoms with E-state index in [1.807, 2.05) is 60.7 Å². The molecule has 222 valence electrons. The number of nitriles is 2. The summed E-state index contributed by atoms with van der Waals surface area (Å²) in [4.78, 5) is 3.49. The zero-order valence-corrected chi connectivity index (χ0v) is 26.8. The lowest BCUT2D eigenvalue weighted by molar-refractivity contribution is 0.303. The average Bonchev–Trinajstić information content (AvgIpc) is 3.01. The molecule has 0 heterocycles. The molecule has 3 rings (SSSR count). The maximum atomic E-state index is 9.96. The molecule has 0 aliphatic heterocycles. The van der Waals surface area contributed by atoms with Gasteiger partial charge in [-0.25, -0.2) is 0 Å². The maximum absolute atomic E-state index is 9.96. The Kier molecular flexibility index (Phi) is 15.9. The van der Waals surface area contributed by atoms with Crippen LogP contribution in [0.5, 0.6) is 11.5 Å². The molecule has 0 fully saturated rings. The Morgan fingerprint density at radius 1 is 0.548 bits per heavy atom. The van der Waals surface area contributed by atoms with Crippen molar-refractivity contribution < 1.29 is 9.47 Å². The highest BCUT2D eigenvalue weighted by atomic mass is 32.2. The lowest BCUT2D eigenvalue weighted by Crippen LogP contribution is -1.97. The lowest BCUT2D eigenvalue weighted by Gasteiger charge is -2.12. The summed E-state index contributed by atoms with van der Waals surface area (Å²) >= 11 is 2.97. The molecule has 0 aromatic heterocycles. The molecule has 0 saturated heterocycles. The molecule has 42 heavy (non-hydrogen) atoms. The van der Waals surface area contributed by atoms with Gasteiger partial charge in [0, 0.05) is 19.6 Å². The third kappa shape index (κ3) is 12.0. The van der Waals surface area contributed by atoms with E-state index in [-0.39, 0.29) is 0 Å². The average molecular weight is 601 g/mol. The van der Waals surface area contributed by atoms with E-state index in [0.717, 1.165) is 43.9 Å².